The molecule has 0 bridgehead atoms. The topological polar surface area (TPSA) is 21.3 Å². The molecule has 2 aromatic carbocycles. The second kappa shape index (κ2) is 5.66. The van der Waals surface area contributed by atoms with Gasteiger partial charge in [0.25, 0.3) is 0 Å². The lowest BCUT2D eigenvalue weighted by Crippen LogP contribution is -2.28. The molecule has 2 aromatic rings. The summed E-state index contributed by atoms with van der Waals surface area (Å²) in [7, 11) is 0. The molecule has 1 N–H and O–H groups in total. The van der Waals surface area contributed by atoms with Crippen molar-refractivity contribution in [1.82, 2.24) is 0 Å². The minimum absolute atomic E-state index is 0.244. The van der Waals surface area contributed by atoms with Crippen LogP contribution in [0.4, 0.5) is 5.69 Å². The van der Waals surface area contributed by atoms with E-state index in [0.29, 0.717) is 5.92 Å². The molecular formula is C16H15BrClNO. The minimum Gasteiger partial charge on any atom is -0.493 e. The van der Waals surface area contributed by atoms with Gasteiger partial charge in [-0.3, -0.25) is 0 Å². The van der Waals surface area contributed by atoms with Gasteiger partial charge in [0.2, 0.25) is 0 Å². The van der Waals surface area contributed by atoms with Crippen LogP contribution in [0.15, 0.2) is 46.9 Å². The van der Waals surface area contributed by atoms with Crippen LogP contribution in [0.2, 0.25) is 5.02 Å². The smallest absolute Gasteiger partial charge is 0.124 e. The molecule has 0 saturated heterocycles. The Bertz CT molecular complexity index is 632. The van der Waals surface area contributed by atoms with Crippen molar-refractivity contribution in [2.75, 3.05) is 11.9 Å². The van der Waals surface area contributed by atoms with Gasteiger partial charge in [-0.1, -0.05) is 36.7 Å². The first-order valence-corrected chi connectivity index (χ1v) is 7.75. The first-order chi connectivity index (χ1) is 9.65. The normalized spacial score (nSPS) is 20.9. The van der Waals surface area contributed by atoms with Crippen LogP contribution in [0.25, 0.3) is 0 Å². The molecule has 0 saturated carbocycles. The highest BCUT2D eigenvalue weighted by molar-refractivity contribution is 9.10. The second-order valence-electron chi connectivity index (χ2n) is 5.08. The van der Waals surface area contributed by atoms with Gasteiger partial charge in [0.1, 0.15) is 5.75 Å². The Kier molecular flexibility index (Phi) is 3.90. The Morgan fingerprint density at radius 3 is 2.85 bits per heavy atom. The zero-order chi connectivity index (χ0) is 14.1. The largest absolute Gasteiger partial charge is 0.493 e. The molecule has 0 spiro atoms. The first-order valence-electron chi connectivity index (χ1n) is 6.58. The molecule has 3 rings (SSSR count). The number of nitrogens with one attached hydrogen (secondary N) is 1. The molecule has 0 fully saturated rings. The molecule has 4 heteroatoms. The molecular weight excluding hydrogens is 338 g/mol. The third-order valence-electron chi connectivity index (χ3n) is 3.57. The quantitative estimate of drug-likeness (QED) is 0.793. The summed E-state index contributed by atoms with van der Waals surface area (Å²) in [6.07, 6.45) is 0. The van der Waals surface area contributed by atoms with Crippen molar-refractivity contribution >= 4 is 33.2 Å². The Balaban J connectivity index is 1.91. The summed E-state index contributed by atoms with van der Waals surface area (Å²) in [6.45, 7) is 2.92. The summed E-state index contributed by atoms with van der Waals surface area (Å²) in [5.41, 5.74) is 2.26. The van der Waals surface area contributed by atoms with Crippen LogP contribution in [0.3, 0.4) is 0 Å². The van der Waals surface area contributed by atoms with E-state index < -0.39 is 0 Å². The predicted octanol–water partition coefficient (Wildman–Crippen LogP) is 5.28. The molecule has 1 heterocycles. The summed E-state index contributed by atoms with van der Waals surface area (Å²) in [6, 6.07) is 14.3. The monoisotopic (exact) mass is 351 g/mol. The fourth-order valence-electron chi connectivity index (χ4n) is 2.48. The summed E-state index contributed by atoms with van der Waals surface area (Å²) in [5, 5.41) is 4.30. The molecule has 1 aliphatic rings. The minimum atomic E-state index is 0.244. The van der Waals surface area contributed by atoms with Crippen LogP contribution in [-0.2, 0) is 0 Å². The summed E-state index contributed by atoms with van der Waals surface area (Å²) >= 11 is 9.50. The average Bonchev–Trinajstić information content (AvgIpc) is 2.46. The van der Waals surface area contributed by atoms with E-state index in [1.165, 1.54) is 5.56 Å². The number of halogens is 2. The molecule has 0 radical (unpaired) electrons. The van der Waals surface area contributed by atoms with Crippen molar-refractivity contribution in [1.29, 1.82) is 0 Å². The van der Waals surface area contributed by atoms with Gasteiger partial charge < -0.3 is 10.1 Å². The zero-order valence-electron chi connectivity index (χ0n) is 11.1. The maximum Gasteiger partial charge on any atom is 0.124 e. The summed E-state index contributed by atoms with van der Waals surface area (Å²) in [5.74, 6) is 1.37. The van der Waals surface area contributed by atoms with Crippen molar-refractivity contribution in [2.45, 2.75) is 13.0 Å². The molecule has 2 nitrogen and oxygen atoms in total. The lowest BCUT2D eigenvalue weighted by atomic mass is 9.92. The number of para-hydroxylation sites is 1. The zero-order valence-corrected chi connectivity index (χ0v) is 13.4. The van der Waals surface area contributed by atoms with E-state index in [9.17, 15) is 0 Å². The number of rotatable bonds is 2. The third-order valence-corrected chi connectivity index (χ3v) is 4.78. The Hall–Kier alpha value is -1.19. The van der Waals surface area contributed by atoms with Gasteiger partial charge >= 0.3 is 0 Å². The van der Waals surface area contributed by atoms with Crippen molar-refractivity contribution in [2.24, 2.45) is 5.92 Å². The standard InChI is InChI=1S/C16H15BrClNO/c1-10-9-20-15-5-3-2-4-12(15)16(10)19-11-6-7-14(18)13(17)8-11/h2-8,10,16,19H,9H2,1H3. The van der Waals surface area contributed by atoms with E-state index in [-0.39, 0.29) is 6.04 Å². The molecule has 0 aromatic heterocycles. The Labute approximate surface area is 132 Å². The van der Waals surface area contributed by atoms with Crippen LogP contribution in [0.5, 0.6) is 5.75 Å². The SMILES string of the molecule is CC1COc2ccccc2C1Nc1ccc(Cl)c(Br)c1. The van der Waals surface area contributed by atoms with Gasteiger partial charge in [0.15, 0.2) is 0 Å². The summed E-state index contributed by atoms with van der Waals surface area (Å²) < 4.78 is 6.68. The highest BCUT2D eigenvalue weighted by Gasteiger charge is 2.27. The molecule has 1 aliphatic heterocycles. The molecule has 2 unspecified atom stereocenters. The van der Waals surface area contributed by atoms with Gasteiger partial charge in [0.05, 0.1) is 17.7 Å². The summed E-state index contributed by atoms with van der Waals surface area (Å²) in [4.78, 5) is 0. The highest BCUT2D eigenvalue weighted by Crippen LogP contribution is 2.38. The number of anilines is 1. The number of fused-ring (bicyclic) bond motifs is 1. The van der Waals surface area contributed by atoms with Crippen LogP contribution < -0.4 is 10.1 Å². The molecule has 2 atom stereocenters. The third kappa shape index (κ3) is 2.65. The molecule has 20 heavy (non-hydrogen) atoms. The van der Waals surface area contributed by atoms with Crippen LogP contribution in [-0.4, -0.2) is 6.61 Å². The first kappa shape index (κ1) is 13.8. The fraction of sp³-hybridized carbons (Fsp3) is 0.250. The van der Waals surface area contributed by atoms with E-state index in [0.717, 1.165) is 27.5 Å². The van der Waals surface area contributed by atoms with Crippen molar-refractivity contribution in [3.63, 3.8) is 0 Å². The van der Waals surface area contributed by atoms with Crippen LogP contribution in [0, 0.1) is 5.92 Å². The van der Waals surface area contributed by atoms with Crippen LogP contribution in [0.1, 0.15) is 18.5 Å². The predicted molar refractivity (Wildman–Crippen MR) is 86.6 cm³/mol. The lowest BCUT2D eigenvalue weighted by molar-refractivity contribution is 0.214. The van der Waals surface area contributed by atoms with Gasteiger partial charge in [-0.15, -0.1) is 0 Å². The molecule has 0 aliphatic carbocycles. The van der Waals surface area contributed by atoms with Crippen molar-refractivity contribution in [3.8, 4) is 5.75 Å². The fourth-order valence-corrected chi connectivity index (χ4v) is 2.97. The van der Waals surface area contributed by atoms with Crippen LogP contribution >= 0.6 is 27.5 Å². The van der Waals surface area contributed by atoms with E-state index in [4.69, 9.17) is 16.3 Å². The van der Waals surface area contributed by atoms with Gasteiger partial charge in [-0.2, -0.15) is 0 Å². The Morgan fingerprint density at radius 1 is 1.25 bits per heavy atom. The average molecular weight is 353 g/mol. The number of hydrogen-bond donors (Lipinski definition) is 1. The maximum absolute atomic E-state index is 6.04. The van der Waals surface area contributed by atoms with E-state index in [1.54, 1.807) is 0 Å². The maximum atomic E-state index is 6.04. The molecule has 0 amide bonds. The number of benzene rings is 2. The lowest BCUT2D eigenvalue weighted by Gasteiger charge is -2.32. The van der Waals surface area contributed by atoms with Crippen molar-refractivity contribution < 1.29 is 4.74 Å². The van der Waals surface area contributed by atoms with E-state index in [2.05, 4.69) is 34.2 Å². The van der Waals surface area contributed by atoms with E-state index >= 15 is 0 Å². The highest BCUT2D eigenvalue weighted by atomic mass is 79.9. The number of hydrogen-bond acceptors (Lipinski definition) is 2. The number of ether oxygens (including phenoxy) is 1. The van der Waals surface area contributed by atoms with E-state index in [1.807, 2.05) is 36.4 Å². The van der Waals surface area contributed by atoms with Gasteiger partial charge in [-0.25, -0.2) is 0 Å². The second-order valence-corrected chi connectivity index (χ2v) is 6.34. The van der Waals surface area contributed by atoms with Crippen molar-refractivity contribution in [3.05, 3.63) is 57.5 Å². The van der Waals surface area contributed by atoms with Gasteiger partial charge in [-0.05, 0) is 40.2 Å². The molecule has 104 valence electrons. The van der Waals surface area contributed by atoms with Gasteiger partial charge in [0, 0.05) is 21.6 Å². The Morgan fingerprint density at radius 2 is 2.05 bits per heavy atom.